The number of amides is 1. The second kappa shape index (κ2) is 7.65. The fourth-order valence-electron chi connectivity index (χ4n) is 3.36. The standard InChI is InChI=1S/C20H26N2O2/c1-14-6-8-16(9-7-14)18-13-21-20(24-18)11-10-19(23)22-17-5-3-4-15(2)12-17/h6-9,13,15,17H,3-5,10-12H2,1-2H3,(H,22,23). The molecule has 4 heteroatoms. The lowest BCUT2D eigenvalue weighted by Crippen LogP contribution is -2.38. The van der Waals surface area contributed by atoms with E-state index in [1.165, 1.54) is 18.4 Å². The molecule has 2 atom stereocenters. The molecule has 0 saturated heterocycles. The van der Waals surface area contributed by atoms with Crippen LogP contribution in [0.3, 0.4) is 0 Å². The van der Waals surface area contributed by atoms with Crippen LogP contribution in [0.15, 0.2) is 34.9 Å². The van der Waals surface area contributed by atoms with Crippen LogP contribution >= 0.6 is 0 Å². The number of hydrogen-bond acceptors (Lipinski definition) is 3. The largest absolute Gasteiger partial charge is 0.441 e. The van der Waals surface area contributed by atoms with Gasteiger partial charge in [-0.05, 0) is 25.7 Å². The normalized spacial score (nSPS) is 20.8. The first-order valence-electron chi connectivity index (χ1n) is 8.91. The quantitative estimate of drug-likeness (QED) is 0.892. The second-order valence-electron chi connectivity index (χ2n) is 7.02. The summed E-state index contributed by atoms with van der Waals surface area (Å²) in [7, 11) is 0. The molecule has 0 bridgehead atoms. The minimum absolute atomic E-state index is 0.101. The van der Waals surface area contributed by atoms with Crippen LogP contribution in [-0.2, 0) is 11.2 Å². The molecule has 1 amide bonds. The van der Waals surface area contributed by atoms with E-state index in [4.69, 9.17) is 4.42 Å². The Balaban J connectivity index is 1.50. The zero-order valence-corrected chi connectivity index (χ0v) is 14.5. The summed E-state index contributed by atoms with van der Waals surface area (Å²) in [4.78, 5) is 16.4. The Bertz CT molecular complexity index is 675. The van der Waals surface area contributed by atoms with E-state index in [1.807, 2.05) is 12.1 Å². The van der Waals surface area contributed by atoms with Gasteiger partial charge in [-0.15, -0.1) is 0 Å². The number of aromatic nitrogens is 1. The lowest BCUT2D eigenvalue weighted by Gasteiger charge is -2.27. The van der Waals surface area contributed by atoms with E-state index in [-0.39, 0.29) is 5.91 Å². The van der Waals surface area contributed by atoms with Crippen LogP contribution in [-0.4, -0.2) is 16.9 Å². The smallest absolute Gasteiger partial charge is 0.220 e. The number of hydrogen-bond donors (Lipinski definition) is 1. The summed E-state index contributed by atoms with van der Waals surface area (Å²) in [5, 5.41) is 3.16. The van der Waals surface area contributed by atoms with Crippen LogP contribution in [0.25, 0.3) is 11.3 Å². The SMILES string of the molecule is Cc1ccc(-c2cnc(CCC(=O)NC3CCCC(C)C3)o2)cc1. The summed E-state index contributed by atoms with van der Waals surface area (Å²) < 4.78 is 5.78. The van der Waals surface area contributed by atoms with Crippen LogP contribution in [0.5, 0.6) is 0 Å². The molecular formula is C20H26N2O2. The predicted octanol–water partition coefficient (Wildman–Crippen LogP) is 4.28. The number of nitrogens with zero attached hydrogens (tertiary/aromatic N) is 1. The molecule has 3 rings (SSSR count). The van der Waals surface area contributed by atoms with Gasteiger partial charge in [0, 0.05) is 24.4 Å². The zero-order chi connectivity index (χ0) is 16.9. The van der Waals surface area contributed by atoms with Crippen LogP contribution in [0, 0.1) is 12.8 Å². The Labute approximate surface area is 143 Å². The van der Waals surface area contributed by atoms with Gasteiger partial charge in [0.25, 0.3) is 0 Å². The van der Waals surface area contributed by atoms with Gasteiger partial charge < -0.3 is 9.73 Å². The van der Waals surface area contributed by atoms with Crippen molar-refractivity contribution < 1.29 is 9.21 Å². The van der Waals surface area contributed by atoms with Crippen LogP contribution in [0.2, 0.25) is 0 Å². The molecule has 0 radical (unpaired) electrons. The molecule has 128 valence electrons. The maximum Gasteiger partial charge on any atom is 0.220 e. The molecule has 24 heavy (non-hydrogen) atoms. The van der Waals surface area contributed by atoms with E-state index in [9.17, 15) is 4.79 Å². The Kier molecular flexibility index (Phi) is 5.34. The van der Waals surface area contributed by atoms with Gasteiger partial charge in [0.15, 0.2) is 11.7 Å². The molecule has 1 N–H and O–H groups in total. The molecule has 1 fully saturated rings. The van der Waals surface area contributed by atoms with Crippen molar-refractivity contribution in [2.75, 3.05) is 0 Å². The van der Waals surface area contributed by atoms with Gasteiger partial charge in [-0.3, -0.25) is 4.79 Å². The highest BCUT2D eigenvalue weighted by Crippen LogP contribution is 2.24. The van der Waals surface area contributed by atoms with E-state index in [0.717, 1.165) is 24.2 Å². The van der Waals surface area contributed by atoms with Gasteiger partial charge in [0.2, 0.25) is 5.91 Å². The Morgan fingerprint density at radius 3 is 2.83 bits per heavy atom. The summed E-state index contributed by atoms with van der Waals surface area (Å²) in [6.45, 7) is 4.32. The molecule has 1 aromatic heterocycles. The van der Waals surface area contributed by atoms with E-state index >= 15 is 0 Å². The predicted molar refractivity (Wildman–Crippen MR) is 94.6 cm³/mol. The zero-order valence-electron chi connectivity index (χ0n) is 14.5. The number of rotatable bonds is 5. The summed E-state index contributed by atoms with van der Waals surface area (Å²) in [6, 6.07) is 8.49. The highest BCUT2D eigenvalue weighted by molar-refractivity contribution is 5.76. The van der Waals surface area contributed by atoms with Crippen molar-refractivity contribution in [3.05, 3.63) is 41.9 Å². The van der Waals surface area contributed by atoms with Gasteiger partial charge >= 0.3 is 0 Å². The lowest BCUT2D eigenvalue weighted by atomic mass is 9.87. The third-order valence-corrected chi connectivity index (χ3v) is 4.76. The minimum atomic E-state index is 0.101. The Morgan fingerprint density at radius 2 is 2.08 bits per heavy atom. The van der Waals surface area contributed by atoms with Crippen LogP contribution < -0.4 is 5.32 Å². The Hall–Kier alpha value is -2.10. The maximum atomic E-state index is 12.1. The van der Waals surface area contributed by atoms with E-state index in [1.54, 1.807) is 6.20 Å². The number of carbonyl (C=O) groups is 1. The fraction of sp³-hybridized carbons (Fsp3) is 0.500. The highest BCUT2D eigenvalue weighted by atomic mass is 16.4. The third-order valence-electron chi connectivity index (χ3n) is 4.76. The average Bonchev–Trinajstić information content (AvgIpc) is 3.03. The summed E-state index contributed by atoms with van der Waals surface area (Å²) >= 11 is 0. The average molecular weight is 326 g/mol. The van der Waals surface area contributed by atoms with Crippen molar-refractivity contribution in [1.82, 2.24) is 10.3 Å². The molecule has 1 aromatic carbocycles. The number of oxazole rings is 1. The van der Waals surface area contributed by atoms with Gasteiger partial charge in [0.05, 0.1) is 6.20 Å². The summed E-state index contributed by atoms with van der Waals surface area (Å²) in [5.41, 5.74) is 2.23. The number of aryl methyl sites for hydroxylation is 2. The fourth-order valence-corrected chi connectivity index (χ4v) is 3.36. The van der Waals surface area contributed by atoms with Gasteiger partial charge in [-0.2, -0.15) is 0 Å². The molecule has 4 nitrogen and oxygen atoms in total. The Morgan fingerprint density at radius 1 is 1.29 bits per heavy atom. The van der Waals surface area contributed by atoms with Gasteiger partial charge in [0.1, 0.15) is 0 Å². The van der Waals surface area contributed by atoms with Gasteiger partial charge in [-0.25, -0.2) is 4.98 Å². The van der Waals surface area contributed by atoms with Crippen molar-refractivity contribution in [2.45, 2.75) is 58.4 Å². The molecule has 2 unspecified atom stereocenters. The number of benzene rings is 1. The van der Waals surface area contributed by atoms with E-state index in [2.05, 4.69) is 36.3 Å². The molecular weight excluding hydrogens is 300 g/mol. The van der Waals surface area contributed by atoms with Crippen LogP contribution in [0.1, 0.15) is 50.5 Å². The van der Waals surface area contributed by atoms with Crippen molar-refractivity contribution in [1.29, 1.82) is 0 Å². The number of carbonyl (C=O) groups excluding carboxylic acids is 1. The molecule has 1 aliphatic carbocycles. The van der Waals surface area contributed by atoms with Crippen LogP contribution in [0.4, 0.5) is 0 Å². The molecule has 1 saturated carbocycles. The van der Waals surface area contributed by atoms with E-state index < -0.39 is 0 Å². The monoisotopic (exact) mass is 326 g/mol. The van der Waals surface area contributed by atoms with Gasteiger partial charge in [-0.1, -0.05) is 49.6 Å². The molecule has 1 heterocycles. The minimum Gasteiger partial charge on any atom is -0.441 e. The first kappa shape index (κ1) is 16.7. The lowest BCUT2D eigenvalue weighted by molar-refractivity contribution is -0.122. The first-order chi connectivity index (χ1) is 11.6. The topological polar surface area (TPSA) is 55.1 Å². The summed E-state index contributed by atoms with van der Waals surface area (Å²) in [6.07, 6.45) is 7.41. The molecule has 0 spiro atoms. The maximum absolute atomic E-state index is 12.1. The first-order valence-corrected chi connectivity index (χ1v) is 8.91. The van der Waals surface area contributed by atoms with E-state index in [0.29, 0.717) is 30.7 Å². The number of nitrogens with one attached hydrogen (secondary N) is 1. The molecule has 2 aromatic rings. The van der Waals surface area contributed by atoms with Crippen molar-refractivity contribution in [3.63, 3.8) is 0 Å². The van der Waals surface area contributed by atoms with Crippen molar-refractivity contribution in [3.8, 4) is 11.3 Å². The third kappa shape index (κ3) is 4.47. The van der Waals surface area contributed by atoms with Crippen molar-refractivity contribution >= 4 is 5.91 Å². The van der Waals surface area contributed by atoms with Crippen molar-refractivity contribution in [2.24, 2.45) is 5.92 Å². The second-order valence-corrected chi connectivity index (χ2v) is 7.02. The molecule has 0 aliphatic heterocycles. The highest BCUT2D eigenvalue weighted by Gasteiger charge is 2.20. The molecule has 1 aliphatic rings. The summed E-state index contributed by atoms with van der Waals surface area (Å²) in [5.74, 6) is 2.20.